The summed E-state index contributed by atoms with van der Waals surface area (Å²) in [5.41, 5.74) is 0.961. The molecule has 1 N–H and O–H groups in total. The number of benzene rings is 2. The molecule has 3 rings (SSSR count). The van der Waals surface area contributed by atoms with Gasteiger partial charge in [-0.1, -0.05) is 23.7 Å². The highest BCUT2D eigenvalue weighted by Crippen LogP contribution is 2.39. The van der Waals surface area contributed by atoms with Crippen molar-refractivity contribution >= 4 is 33.6 Å². The Balaban J connectivity index is 2.13. The highest BCUT2D eigenvalue weighted by molar-refractivity contribution is 7.91. The molecule has 0 bridgehead atoms. The van der Waals surface area contributed by atoms with Crippen molar-refractivity contribution in [2.45, 2.75) is 6.04 Å². The second kappa shape index (κ2) is 6.45. The maximum Gasteiger partial charge on any atom is 0.422 e. The number of carboxylic acid groups (broad SMARTS) is 1. The number of methoxy groups -OCH3 is 1. The summed E-state index contributed by atoms with van der Waals surface area (Å²) >= 11 is 5.87. The molecular formula is C16H15ClN2O5S. The monoisotopic (exact) mass is 382 g/mol. The zero-order valence-electron chi connectivity index (χ0n) is 13.2. The van der Waals surface area contributed by atoms with Gasteiger partial charge in [0.1, 0.15) is 5.75 Å². The van der Waals surface area contributed by atoms with Crippen molar-refractivity contribution in [2.75, 3.05) is 18.0 Å². The van der Waals surface area contributed by atoms with Crippen molar-refractivity contribution in [1.29, 1.82) is 0 Å². The molecule has 1 amide bonds. The molecule has 1 aliphatic heterocycles. The highest BCUT2D eigenvalue weighted by atomic mass is 35.5. The molecule has 0 aliphatic carbocycles. The Morgan fingerprint density at radius 1 is 1.24 bits per heavy atom. The Kier molecular flexibility index (Phi) is 4.49. The second-order valence-electron chi connectivity index (χ2n) is 5.39. The Bertz CT molecular complexity index is 901. The normalized spacial score (nSPS) is 19.0. The van der Waals surface area contributed by atoms with Gasteiger partial charge < -0.3 is 9.84 Å². The Labute approximate surface area is 150 Å². The molecule has 1 heterocycles. The molecule has 9 heteroatoms. The van der Waals surface area contributed by atoms with Gasteiger partial charge in [-0.05, 0) is 42.0 Å². The van der Waals surface area contributed by atoms with Gasteiger partial charge in [0.2, 0.25) is 0 Å². The first-order valence-corrected chi connectivity index (χ1v) is 9.06. The van der Waals surface area contributed by atoms with Crippen LogP contribution in [0, 0.1) is 0 Å². The summed E-state index contributed by atoms with van der Waals surface area (Å²) in [6, 6.07) is 12.4. The predicted octanol–water partition coefficient (Wildman–Crippen LogP) is 3.13. The molecule has 0 radical (unpaired) electrons. The zero-order chi connectivity index (χ0) is 18.2. The summed E-state index contributed by atoms with van der Waals surface area (Å²) in [5.74, 6) is 0.555. The lowest BCUT2D eigenvalue weighted by atomic mass is 10.1. The van der Waals surface area contributed by atoms with Crippen molar-refractivity contribution in [3.63, 3.8) is 0 Å². The van der Waals surface area contributed by atoms with E-state index in [0.29, 0.717) is 26.3 Å². The third-order valence-corrected chi connectivity index (χ3v) is 6.00. The summed E-state index contributed by atoms with van der Waals surface area (Å²) < 4.78 is 32.2. The maximum absolute atomic E-state index is 12.8. The van der Waals surface area contributed by atoms with E-state index in [0.717, 1.165) is 4.31 Å². The van der Waals surface area contributed by atoms with Crippen molar-refractivity contribution in [1.82, 2.24) is 4.31 Å². The van der Waals surface area contributed by atoms with Crippen LogP contribution in [0.5, 0.6) is 5.75 Å². The molecule has 2 aromatic carbocycles. The summed E-state index contributed by atoms with van der Waals surface area (Å²) in [7, 11) is -2.72. The molecule has 1 saturated heterocycles. The molecule has 2 aromatic rings. The maximum atomic E-state index is 12.8. The fourth-order valence-electron chi connectivity index (χ4n) is 2.76. The third-order valence-electron chi connectivity index (χ3n) is 3.92. The number of hydrogen-bond donors (Lipinski definition) is 1. The van der Waals surface area contributed by atoms with Crippen LogP contribution in [0.15, 0.2) is 48.5 Å². The van der Waals surface area contributed by atoms with Crippen LogP contribution in [0.2, 0.25) is 5.02 Å². The first-order chi connectivity index (χ1) is 11.8. The lowest BCUT2D eigenvalue weighted by molar-refractivity contribution is 0.174. The van der Waals surface area contributed by atoms with Crippen LogP contribution >= 0.6 is 11.6 Å². The minimum absolute atomic E-state index is 0.215. The van der Waals surface area contributed by atoms with Gasteiger partial charge in [-0.25, -0.2) is 9.10 Å². The molecule has 25 heavy (non-hydrogen) atoms. The van der Waals surface area contributed by atoms with Crippen LogP contribution in [0.1, 0.15) is 11.6 Å². The van der Waals surface area contributed by atoms with E-state index < -0.39 is 22.3 Å². The van der Waals surface area contributed by atoms with Gasteiger partial charge in [0.25, 0.3) is 0 Å². The lowest BCUT2D eigenvalue weighted by Gasteiger charge is -2.24. The van der Waals surface area contributed by atoms with Crippen LogP contribution in [0.4, 0.5) is 10.5 Å². The van der Waals surface area contributed by atoms with Crippen LogP contribution in [0.25, 0.3) is 0 Å². The number of halogens is 1. The summed E-state index contributed by atoms with van der Waals surface area (Å²) in [6.45, 7) is -0.215. The summed E-state index contributed by atoms with van der Waals surface area (Å²) in [4.78, 5) is 11.4. The minimum Gasteiger partial charge on any atom is -0.497 e. The molecule has 0 saturated carbocycles. The molecule has 0 aromatic heterocycles. The molecule has 7 nitrogen and oxygen atoms in total. The first kappa shape index (κ1) is 17.4. The summed E-state index contributed by atoms with van der Waals surface area (Å²) in [5, 5.41) is 9.75. The van der Waals surface area contributed by atoms with E-state index in [1.54, 1.807) is 48.5 Å². The van der Waals surface area contributed by atoms with E-state index in [1.807, 2.05) is 0 Å². The number of rotatable bonds is 3. The quantitative estimate of drug-likeness (QED) is 0.881. The van der Waals surface area contributed by atoms with Gasteiger partial charge in [0.05, 0.1) is 25.4 Å². The molecule has 1 aliphatic rings. The van der Waals surface area contributed by atoms with Gasteiger partial charge in [-0.15, -0.1) is 0 Å². The van der Waals surface area contributed by atoms with Gasteiger partial charge >= 0.3 is 16.3 Å². The van der Waals surface area contributed by atoms with Gasteiger partial charge in [0.15, 0.2) is 0 Å². The standard InChI is InChI=1S/C16H15ClN2O5S/c1-24-14-4-2-3-11(9-14)15-10-18(16(20)21)25(22,23)19(15)13-7-5-12(17)6-8-13/h2-9,15H,10H2,1H3,(H,20,21)/t15-/m1/s1. The Hall–Kier alpha value is -2.45. The fraction of sp³-hybridized carbons (Fsp3) is 0.188. The van der Waals surface area contributed by atoms with Crippen molar-refractivity contribution < 1.29 is 23.1 Å². The van der Waals surface area contributed by atoms with E-state index in [-0.39, 0.29) is 6.54 Å². The van der Waals surface area contributed by atoms with Gasteiger partial charge in [-0.2, -0.15) is 12.7 Å². The lowest BCUT2D eigenvalue weighted by Crippen LogP contribution is -2.36. The van der Waals surface area contributed by atoms with E-state index in [9.17, 15) is 18.3 Å². The number of anilines is 1. The number of hydrogen-bond acceptors (Lipinski definition) is 4. The SMILES string of the molecule is COc1cccc([C@H]2CN(C(=O)O)S(=O)(=O)N2c2ccc(Cl)cc2)c1. The average Bonchev–Trinajstić information content (AvgIpc) is 2.87. The molecule has 0 spiro atoms. The van der Waals surface area contributed by atoms with Crippen molar-refractivity contribution in [3.8, 4) is 5.75 Å². The topological polar surface area (TPSA) is 87.1 Å². The van der Waals surface area contributed by atoms with Crippen LogP contribution in [0.3, 0.4) is 0 Å². The minimum atomic E-state index is -4.23. The molecule has 1 atom stereocenters. The second-order valence-corrected chi connectivity index (χ2v) is 7.55. The predicted molar refractivity (Wildman–Crippen MR) is 93.3 cm³/mol. The molecular weight excluding hydrogens is 368 g/mol. The summed E-state index contributed by atoms with van der Waals surface area (Å²) in [6.07, 6.45) is -1.52. The fourth-order valence-corrected chi connectivity index (χ4v) is 4.52. The Morgan fingerprint density at radius 2 is 1.92 bits per heavy atom. The van der Waals surface area contributed by atoms with E-state index >= 15 is 0 Å². The van der Waals surface area contributed by atoms with Crippen LogP contribution < -0.4 is 9.04 Å². The molecule has 0 unspecified atom stereocenters. The number of carbonyl (C=O) groups is 1. The number of amides is 1. The number of ether oxygens (including phenoxy) is 1. The number of nitrogens with zero attached hydrogens (tertiary/aromatic N) is 2. The van der Waals surface area contributed by atoms with Crippen molar-refractivity contribution in [2.24, 2.45) is 0 Å². The van der Waals surface area contributed by atoms with E-state index in [4.69, 9.17) is 16.3 Å². The smallest absolute Gasteiger partial charge is 0.422 e. The van der Waals surface area contributed by atoms with E-state index in [2.05, 4.69) is 0 Å². The van der Waals surface area contributed by atoms with Crippen LogP contribution in [-0.4, -0.2) is 37.6 Å². The molecule has 1 fully saturated rings. The zero-order valence-corrected chi connectivity index (χ0v) is 14.7. The highest BCUT2D eigenvalue weighted by Gasteiger charge is 2.47. The van der Waals surface area contributed by atoms with Crippen molar-refractivity contribution in [3.05, 3.63) is 59.1 Å². The molecule has 132 valence electrons. The van der Waals surface area contributed by atoms with Gasteiger partial charge in [0, 0.05) is 5.02 Å². The van der Waals surface area contributed by atoms with Crippen LogP contribution in [-0.2, 0) is 10.2 Å². The average molecular weight is 383 g/mol. The Morgan fingerprint density at radius 3 is 2.52 bits per heavy atom. The first-order valence-electron chi connectivity index (χ1n) is 7.29. The largest absolute Gasteiger partial charge is 0.497 e. The third kappa shape index (κ3) is 3.10. The van der Waals surface area contributed by atoms with E-state index in [1.165, 1.54) is 7.11 Å². The van der Waals surface area contributed by atoms with Gasteiger partial charge in [-0.3, -0.25) is 0 Å².